The molecule has 1 fully saturated rings. The highest BCUT2D eigenvalue weighted by atomic mass is 35.5. The Morgan fingerprint density at radius 1 is 1.55 bits per heavy atom. The first-order valence-corrected chi connectivity index (χ1v) is 7.96. The van der Waals surface area contributed by atoms with Crippen LogP contribution in [0, 0.1) is 0 Å². The second kappa shape index (κ2) is 7.78. The van der Waals surface area contributed by atoms with Crippen LogP contribution < -0.4 is 5.32 Å². The highest BCUT2D eigenvalue weighted by molar-refractivity contribution is 7.98. The van der Waals surface area contributed by atoms with Crippen molar-refractivity contribution in [1.82, 2.24) is 20.2 Å². The summed E-state index contributed by atoms with van der Waals surface area (Å²) >= 11 is 7.36. The molecular weight excluding hydrogens is 300 g/mol. The number of halogens is 1. The summed E-state index contributed by atoms with van der Waals surface area (Å²) in [6.45, 7) is 4.69. The molecule has 0 bridgehead atoms. The molecule has 1 N–H and O–H groups in total. The van der Waals surface area contributed by atoms with Gasteiger partial charge < -0.3 is 10.1 Å². The topological polar surface area (TPSA) is 67.4 Å². The summed E-state index contributed by atoms with van der Waals surface area (Å²) in [6.07, 6.45) is 3.32. The van der Waals surface area contributed by atoms with Crippen LogP contribution in [0.25, 0.3) is 0 Å². The minimum atomic E-state index is -0.240. The molecule has 1 amide bonds. The number of amides is 1. The van der Waals surface area contributed by atoms with E-state index in [9.17, 15) is 4.79 Å². The molecule has 1 aliphatic rings. The van der Waals surface area contributed by atoms with Gasteiger partial charge in [-0.25, -0.2) is 9.97 Å². The average molecular weight is 317 g/mol. The molecule has 0 aromatic carbocycles. The van der Waals surface area contributed by atoms with Crippen LogP contribution >= 0.6 is 23.4 Å². The summed E-state index contributed by atoms with van der Waals surface area (Å²) in [5.41, 5.74) is 0.312. The number of nitrogens with zero attached hydrogens (tertiary/aromatic N) is 3. The van der Waals surface area contributed by atoms with E-state index in [1.807, 2.05) is 6.26 Å². The fourth-order valence-corrected chi connectivity index (χ4v) is 2.45. The lowest BCUT2D eigenvalue weighted by Gasteiger charge is -2.26. The summed E-state index contributed by atoms with van der Waals surface area (Å²) in [5.74, 6) is -0.240. The average Bonchev–Trinajstić information content (AvgIpc) is 2.48. The molecule has 0 aliphatic carbocycles. The van der Waals surface area contributed by atoms with Crippen LogP contribution in [0.1, 0.15) is 10.4 Å². The second-order valence-corrected chi connectivity index (χ2v) is 5.40. The lowest BCUT2D eigenvalue weighted by molar-refractivity contribution is 0.0383. The molecule has 2 heterocycles. The predicted octanol–water partition coefficient (Wildman–Crippen LogP) is 0.914. The van der Waals surface area contributed by atoms with E-state index in [4.69, 9.17) is 16.3 Å². The quantitative estimate of drug-likeness (QED) is 0.495. The number of aromatic nitrogens is 2. The fraction of sp³-hybridized carbons (Fsp3) is 0.583. The molecular formula is C12H17ClN4O2S. The van der Waals surface area contributed by atoms with Crippen molar-refractivity contribution in [2.75, 3.05) is 45.6 Å². The summed E-state index contributed by atoms with van der Waals surface area (Å²) in [4.78, 5) is 22.3. The van der Waals surface area contributed by atoms with Crippen molar-refractivity contribution >= 4 is 29.3 Å². The molecule has 0 radical (unpaired) electrons. The van der Waals surface area contributed by atoms with E-state index in [1.54, 1.807) is 0 Å². The Labute approximate surface area is 127 Å². The van der Waals surface area contributed by atoms with Crippen molar-refractivity contribution in [3.05, 3.63) is 16.9 Å². The minimum absolute atomic E-state index is 0.188. The normalized spacial score (nSPS) is 16.1. The van der Waals surface area contributed by atoms with Crippen LogP contribution in [0.2, 0.25) is 5.15 Å². The SMILES string of the molecule is CSc1ncc(C(=O)NCCN2CCOCC2)c(Cl)n1. The van der Waals surface area contributed by atoms with E-state index < -0.39 is 0 Å². The zero-order valence-corrected chi connectivity index (χ0v) is 12.8. The van der Waals surface area contributed by atoms with Gasteiger partial charge in [0.15, 0.2) is 5.16 Å². The van der Waals surface area contributed by atoms with E-state index in [-0.39, 0.29) is 11.1 Å². The molecule has 1 saturated heterocycles. The van der Waals surface area contributed by atoms with Crippen LogP contribution in [0.15, 0.2) is 11.4 Å². The van der Waals surface area contributed by atoms with Gasteiger partial charge in [0, 0.05) is 32.4 Å². The summed E-state index contributed by atoms with van der Waals surface area (Å²) in [6, 6.07) is 0. The van der Waals surface area contributed by atoms with Gasteiger partial charge in [0.1, 0.15) is 5.15 Å². The van der Waals surface area contributed by atoms with Crippen LogP contribution in [0.3, 0.4) is 0 Å². The number of hydrogen-bond donors (Lipinski definition) is 1. The van der Waals surface area contributed by atoms with Crippen molar-refractivity contribution in [3.63, 3.8) is 0 Å². The molecule has 1 aromatic heterocycles. The molecule has 6 nitrogen and oxygen atoms in total. The van der Waals surface area contributed by atoms with E-state index in [0.717, 1.165) is 32.8 Å². The minimum Gasteiger partial charge on any atom is -0.379 e. The summed E-state index contributed by atoms with van der Waals surface area (Å²) < 4.78 is 5.27. The van der Waals surface area contributed by atoms with Gasteiger partial charge in [0.25, 0.3) is 5.91 Å². The lowest BCUT2D eigenvalue weighted by atomic mass is 10.3. The van der Waals surface area contributed by atoms with E-state index in [1.165, 1.54) is 18.0 Å². The van der Waals surface area contributed by atoms with E-state index >= 15 is 0 Å². The molecule has 1 aliphatic heterocycles. The van der Waals surface area contributed by atoms with E-state index in [0.29, 0.717) is 17.3 Å². The highest BCUT2D eigenvalue weighted by Gasteiger charge is 2.14. The number of rotatable bonds is 5. The van der Waals surface area contributed by atoms with Gasteiger partial charge in [-0.05, 0) is 6.26 Å². The molecule has 2 rings (SSSR count). The van der Waals surface area contributed by atoms with Gasteiger partial charge in [-0.3, -0.25) is 9.69 Å². The van der Waals surface area contributed by atoms with Crippen LogP contribution in [-0.2, 0) is 4.74 Å². The first kappa shape index (κ1) is 15.5. The third-order valence-electron chi connectivity index (χ3n) is 2.96. The number of carbonyl (C=O) groups excluding carboxylic acids is 1. The first-order valence-electron chi connectivity index (χ1n) is 6.35. The molecule has 8 heteroatoms. The van der Waals surface area contributed by atoms with Gasteiger partial charge in [-0.1, -0.05) is 23.4 Å². The first-order chi connectivity index (χ1) is 9.70. The highest BCUT2D eigenvalue weighted by Crippen LogP contribution is 2.16. The third-order valence-corrected chi connectivity index (χ3v) is 3.81. The third kappa shape index (κ3) is 4.31. The maximum absolute atomic E-state index is 12.0. The van der Waals surface area contributed by atoms with E-state index in [2.05, 4.69) is 20.2 Å². The van der Waals surface area contributed by atoms with Crippen LogP contribution in [-0.4, -0.2) is 66.4 Å². The molecule has 110 valence electrons. The van der Waals surface area contributed by atoms with Gasteiger partial charge in [-0.2, -0.15) is 0 Å². The van der Waals surface area contributed by atoms with Crippen molar-refractivity contribution in [2.24, 2.45) is 0 Å². The standard InChI is InChI=1S/C12H17ClN4O2S/c1-20-12-15-8-9(10(13)16-12)11(18)14-2-3-17-4-6-19-7-5-17/h8H,2-7H2,1H3,(H,14,18). The Morgan fingerprint density at radius 2 is 2.30 bits per heavy atom. The number of carbonyl (C=O) groups is 1. The van der Waals surface area contributed by atoms with Gasteiger partial charge >= 0.3 is 0 Å². The van der Waals surface area contributed by atoms with Gasteiger partial charge in [-0.15, -0.1) is 0 Å². The zero-order valence-electron chi connectivity index (χ0n) is 11.3. The number of hydrogen-bond acceptors (Lipinski definition) is 6. The van der Waals surface area contributed by atoms with Crippen molar-refractivity contribution in [1.29, 1.82) is 0 Å². The number of ether oxygens (including phenoxy) is 1. The molecule has 20 heavy (non-hydrogen) atoms. The smallest absolute Gasteiger partial charge is 0.256 e. The predicted molar refractivity (Wildman–Crippen MR) is 78.4 cm³/mol. The maximum atomic E-state index is 12.0. The fourth-order valence-electron chi connectivity index (χ4n) is 1.84. The Kier molecular flexibility index (Phi) is 6.03. The van der Waals surface area contributed by atoms with Gasteiger partial charge in [0.2, 0.25) is 0 Å². The second-order valence-electron chi connectivity index (χ2n) is 4.27. The number of thioether (sulfide) groups is 1. The van der Waals surface area contributed by atoms with Crippen LogP contribution in [0.4, 0.5) is 0 Å². The molecule has 0 unspecified atom stereocenters. The van der Waals surface area contributed by atoms with Crippen molar-refractivity contribution in [3.8, 4) is 0 Å². The molecule has 1 aromatic rings. The monoisotopic (exact) mass is 316 g/mol. The molecule has 0 atom stereocenters. The zero-order chi connectivity index (χ0) is 14.4. The largest absolute Gasteiger partial charge is 0.379 e. The van der Waals surface area contributed by atoms with Crippen molar-refractivity contribution < 1.29 is 9.53 Å². The summed E-state index contributed by atoms with van der Waals surface area (Å²) in [5, 5.41) is 3.58. The molecule has 0 saturated carbocycles. The lowest BCUT2D eigenvalue weighted by Crippen LogP contribution is -2.41. The van der Waals surface area contributed by atoms with Crippen LogP contribution in [0.5, 0.6) is 0 Å². The number of morpholine rings is 1. The molecule has 0 spiro atoms. The number of nitrogens with one attached hydrogen (secondary N) is 1. The van der Waals surface area contributed by atoms with Crippen molar-refractivity contribution in [2.45, 2.75) is 5.16 Å². The Hall–Kier alpha value is -0.890. The summed E-state index contributed by atoms with van der Waals surface area (Å²) in [7, 11) is 0. The Bertz CT molecular complexity index is 469. The maximum Gasteiger partial charge on any atom is 0.256 e. The van der Waals surface area contributed by atoms with Gasteiger partial charge in [0.05, 0.1) is 18.8 Å². The Balaban J connectivity index is 1.82. The Morgan fingerprint density at radius 3 is 2.95 bits per heavy atom.